The minimum Gasteiger partial charge on any atom is -0.452 e. The molecule has 1 amide bonds. The van der Waals surface area contributed by atoms with Crippen LogP contribution in [-0.4, -0.2) is 62.3 Å². The van der Waals surface area contributed by atoms with Crippen LogP contribution in [-0.2, 0) is 24.3 Å². The van der Waals surface area contributed by atoms with Gasteiger partial charge in [0.1, 0.15) is 5.82 Å². The summed E-state index contributed by atoms with van der Waals surface area (Å²) in [5.41, 5.74) is 0.763. The van der Waals surface area contributed by atoms with E-state index in [1.165, 1.54) is 33.5 Å². The second-order valence-corrected chi connectivity index (χ2v) is 8.01. The molecule has 142 valence electrons. The Hall–Kier alpha value is -2.26. The summed E-state index contributed by atoms with van der Waals surface area (Å²) in [5.74, 6) is -1.60. The van der Waals surface area contributed by atoms with Crippen molar-refractivity contribution in [3.63, 3.8) is 0 Å². The molecule has 7 nitrogen and oxygen atoms in total. The molecule has 0 spiro atoms. The number of sulfonamides is 1. The maximum Gasteiger partial charge on any atom is 0.331 e. The zero-order valence-electron chi connectivity index (χ0n) is 14.6. The maximum atomic E-state index is 13.3. The van der Waals surface area contributed by atoms with Gasteiger partial charge in [-0.25, -0.2) is 17.6 Å². The molecule has 0 aliphatic carbocycles. The summed E-state index contributed by atoms with van der Waals surface area (Å²) in [6, 6.07) is 4.81. The van der Waals surface area contributed by atoms with E-state index in [2.05, 4.69) is 0 Å². The van der Waals surface area contributed by atoms with Crippen molar-refractivity contribution < 1.29 is 27.1 Å². The number of halogens is 1. The Morgan fingerprint density at radius 3 is 2.42 bits per heavy atom. The first-order valence-corrected chi connectivity index (χ1v) is 9.49. The molecule has 0 unspecified atom stereocenters. The van der Waals surface area contributed by atoms with Crippen LogP contribution in [0.3, 0.4) is 0 Å². The largest absolute Gasteiger partial charge is 0.452 e. The molecule has 1 fully saturated rings. The van der Waals surface area contributed by atoms with E-state index in [0.29, 0.717) is 0 Å². The molecular weight excluding hydrogens is 363 g/mol. The number of allylic oxidation sites excluding steroid dienone is 1. The lowest BCUT2D eigenvalue weighted by atomic mass is 10.3. The van der Waals surface area contributed by atoms with E-state index in [-0.39, 0.29) is 43.6 Å². The Labute approximate surface area is 152 Å². The third-order valence-corrected chi connectivity index (χ3v) is 5.66. The van der Waals surface area contributed by atoms with E-state index in [4.69, 9.17) is 4.74 Å². The summed E-state index contributed by atoms with van der Waals surface area (Å²) < 4.78 is 44.4. The Kier molecular flexibility index (Phi) is 6.49. The van der Waals surface area contributed by atoms with Gasteiger partial charge in [0, 0.05) is 32.3 Å². The minimum atomic E-state index is -3.81. The molecule has 2 rings (SSSR count). The lowest BCUT2D eigenvalue weighted by molar-refractivity contribution is -0.148. The van der Waals surface area contributed by atoms with Crippen molar-refractivity contribution in [2.45, 2.75) is 18.7 Å². The highest BCUT2D eigenvalue weighted by Gasteiger charge is 2.30. The van der Waals surface area contributed by atoms with E-state index in [0.717, 1.165) is 11.6 Å². The van der Waals surface area contributed by atoms with Gasteiger partial charge in [-0.3, -0.25) is 4.79 Å². The van der Waals surface area contributed by atoms with Crippen LogP contribution in [0.15, 0.2) is 40.8 Å². The highest BCUT2D eigenvalue weighted by molar-refractivity contribution is 7.89. The molecule has 0 saturated carbocycles. The normalized spacial score (nSPS) is 15.4. The summed E-state index contributed by atoms with van der Waals surface area (Å²) in [6.45, 7) is 3.61. The van der Waals surface area contributed by atoms with Crippen LogP contribution in [0.5, 0.6) is 0 Å². The number of ether oxygens (including phenoxy) is 1. The lowest BCUT2D eigenvalue weighted by Crippen LogP contribution is -2.51. The van der Waals surface area contributed by atoms with Crippen molar-refractivity contribution in [2.24, 2.45) is 0 Å². The Bertz CT molecular complexity index is 810. The molecule has 1 aromatic carbocycles. The first-order chi connectivity index (χ1) is 12.2. The predicted molar refractivity (Wildman–Crippen MR) is 92.1 cm³/mol. The molecule has 1 heterocycles. The SMILES string of the molecule is CC(C)=CC(=O)OCC(=O)N1CCN(S(=O)(=O)c2cccc(F)c2)CC1. The zero-order valence-corrected chi connectivity index (χ0v) is 15.5. The van der Waals surface area contributed by atoms with Crippen molar-refractivity contribution in [1.29, 1.82) is 0 Å². The number of benzene rings is 1. The fourth-order valence-corrected chi connectivity index (χ4v) is 3.91. The van der Waals surface area contributed by atoms with Gasteiger partial charge in [0.25, 0.3) is 5.91 Å². The van der Waals surface area contributed by atoms with Gasteiger partial charge >= 0.3 is 5.97 Å². The van der Waals surface area contributed by atoms with Crippen LogP contribution in [0.2, 0.25) is 0 Å². The number of hydrogen-bond donors (Lipinski definition) is 0. The van der Waals surface area contributed by atoms with Crippen molar-refractivity contribution in [3.8, 4) is 0 Å². The zero-order chi connectivity index (χ0) is 19.3. The van der Waals surface area contributed by atoms with Crippen molar-refractivity contribution >= 4 is 21.9 Å². The van der Waals surface area contributed by atoms with Crippen LogP contribution in [0.4, 0.5) is 4.39 Å². The molecule has 0 atom stereocenters. The van der Waals surface area contributed by atoms with Gasteiger partial charge in [0.2, 0.25) is 10.0 Å². The van der Waals surface area contributed by atoms with Crippen LogP contribution in [0.1, 0.15) is 13.8 Å². The molecule has 0 bridgehead atoms. The smallest absolute Gasteiger partial charge is 0.331 e. The van der Waals surface area contributed by atoms with Gasteiger partial charge in [-0.1, -0.05) is 11.6 Å². The lowest BCUT2D eigenvalue weighted by Gasteiger charge is -2.33. The van der Waals surface area contributed by atoms with E-state index in [1.54, 1.807) is 13.8 Å². The number of piperazine rings is 1. The molecule has 1 aromatic rings. The molecule has 1 saturated heterocycles. The van der Waals surface area contributed by atoms with Crippen LogP contribution in [0, 0.1) is 5.82 Å². The average molecular weight is 384 g/mol. The summed E-state index contributed by atoms with van der Waals surface area (Å²) in [6.07, 6.45) is 1.29. The molecule has 1 aliphatic rings. The van der Waals surface area contributed by atoms with Gasteiger partial charge in [-0.05, 0) is 32.0 Å². The summed E-state index contributed by atoms with van der Waals surface area (Å²) in [4.78, 5) is 24.8. The molecule has 1 aliphatic heterocycles. The van der Waals surface area contributed by atoms with Gasteiger partial charge < -0.3 is 9.64 Å². The highest BCUT2D eigenvalue weighted by atomic mass is 32.2. The van der Waals surface area contributed by atoms with Gasteiger partial charge in [0.05, 0.1) is 4.90 Å². The van der Waals surface area contributed by atoms with E-state index >= 15 is 0 Å². The third-order valence-electron chi connectivity index (χ3n) is 3.77. The summed E-state index contributed by atoms with van der Waals surface area (Å²) in [7, 11) is -3.81. The minimum absolute atomic E-state index is 0.0898. The van der Waals surface area contributed by atoms with Gasteiger partial charge in [0.15, 0.2) is 6.61 Å². The average Bonchev–Trinajstić information content (AvgIpc) is 2.59. The molecule has 0 aromatic heterocycles. The fraction of sp³-hybridized carbons (Fsp3) is 0.412. The highest BCUT2D eigenvalue weighted by Crippen LogP contribution is 2.18. The number of carbonyl (C=O) groups is 2. The van der Waals surface area contributed by atoms with Crippen LogP contribution in [0.25, 0.3) is 0 Å². The van der Waals surface area contributed by atoms with Crippen LogP contribution >= 0.6 is 0 Å². The number of esters is 1. The monoisotopic (exact) mass is 384 g/mol. The first kappa shape index (κ1) is 20.1. The Balaban J connectivity index is 1.91. The first-order valence-electron chi connectivity index (χ1n) is 8.05. The number of rotatable bonds is 5. The summed E-state index contributed by atoms with van der Waals surface area (Å²) in [5, 5.41) is 0. The summed E-state index contributed by atoms with van der Waals surface area (Å²) >= 11 is 0. The molecular formula is C17H21FN2O5S. The standard InChI is InChI=1S/C17H21FN2O5S/c1-13(2)10-17(22)25-12-16(21)19-6-8-20(9-7-19)26(23,24)15-5-3-4-14(18)11-15/h3-5,10-11H,6-9,12H2,1-2H3. The van der Waals surface area contributed by atoms with Crippen molar-refractivity contribution in [1.82, 2.24) is 9.21 Å². The molecule has 0 radical (unpaired) electrons. The van der Waals surface area contributed by atoms with E-state index in [1.807, 2.05) is 0 Å². The van der Waals surface area contributed by atoms with E-state index < -0.39 is 21.8 Å². The van der Waals surface area contributed by atoms with Crippen LogP contribution < -0.4 is 0 Å². The number of amides is 1. The van der Waals surface area contributed by atoms with Crippen molar-refractivity contribution in [3.05, 3.63) is 41.7 Å². The van der Waals surface area contributed by atoms with E-state index in [9.17, 15) is 22.4 Å². The fourth-order valence-electron chi connectivity index (χ4n) is 2.46. The Morgan fingerprint density at radius 2 is 1.85 bits per heavy atom. The van der Waals surface area contributed by atoms with Gasteiger partial charge in [-0.2, -0.15) is 4.31 Å². The number of carbonyl (C=O) groups excluding carboxylic acids is 2. The molecule has 26 heavy (non-hydrogen) atoms. The number of hydrogen-bond acceptors (Lipinski definition) is 5. The third kappa shape index (κ3) is 5.12. The molecule has 9 heteroatoms. The van der Waals surface area contributed by atoms with Gasteiger partial charge in [-0.15, -0.1) is 0 Å². The second kappa shape index (κ2) is 8.41. The maximum absolute atomic E-state index is 13.3. The quantitative estimate of drug-likeness (QED) is 0.562. The van der Waals surface area contributed by atoms with Crippen molar-refractivity contribution in [2.75, 3.05) is 32.8 Å². The molecule has 0 N–H and O–H groups in total. The number of nitrogens with zero attached hydrogens (tertiary/aromatic N) is 2. The predicted octanol–water partition coefficient (Wildman–Crippen LogP) is 1.17. The second-order valence-electron chi connectivity index (χ2n) is 6.07. The Morgan fingerprint density at radius 1 is 1.19 bits per heavy atom. The topological polar surface area (TPSA) is 84.0 Å².